The highest BCUT2D eigenvalue weighted by molar-refractivity contribution is 4.55. The molecule has 1 N–H and O–H groups in total. The topological polar surface area (TPSA) is 20.2 Å². The SMILES string of the molecule is CCCCCCCCC[N+](CCCCCCCCC)(CCCCCCCCC)CCCCCCCCCO. The third-order valence-electron chi connectivity index (χ3n) is 9.00. The van der Waals surface area contributed by atoms with Crippen LogP contribution in [0.4, 0.5) is 0 Å². The van der Waals surface area contributed by atoms with Crippen LogP contribution in [0.5, 0.6) is 0 Å². The van der Waals surface area contributed by atoms with Crippen LogP contribution in [0.1, 0.15) is 201 Å². The Morgan fingerprint density at radius 1 is 0.289 bits per heavy atom. The summed E-state index contributed by atoms with van der Waals surface area (Å²) >= 11 is 0. The first-order valence-corrected chi connectivity index (χ1v) is 18.2. The van der Waals surface area contributed by atoms with E-state index in [1.807, 2.05) is 0 Å². The van der Waals surface area contributed by atoms with Crippen LogP contribution in [0.25, 0.3) is 0 Å². The third-order valence-corrected chi connectivity index (χ3v) is 9.00. The minimum Gasteiger partial charge on any atom is -0.396 e. The molecule has 0 aromatic rings. The van der Waals surface area contributed by atoms with Gasteiger partial charge in [0.05, 0.1) is 26.2 Å². The van der Waals surface area contributed by atoms with E-state index in [0.29, 0.717) is 6.61 Å². The van der Waals surface area contributed by atoms with Crippen molar-refractivity contribution in [1.82, 2.24) is 0 Å². The first-order chi connectivity index (χ1) is 18.7. The summed E-state index contributed by atoms with van der Waals surface area (Å²) < 4.78 is 1.45. The summed E-state index contributed by atoms with van der Waals surface area (Å²) in [5.74, 6) is 0. The monoisotopic (exact) mass is 539 g/mol. The lowest BCUT2D eigenvalue weighted by Gasteiger charge is -2.40. The summed E-state index contributed by atoms with van der Waals surface area (Å²) in [6.45, 7) is 13.2. The molecule has 0 atom stereocenters. The molecule has 0 spiro atoms. The van der Waals surface area contributed by atoms with Crippen LogP contribution in [0.2, 0.25) is 0 Å². The smallest absolute Gasteiger partial charge is 0.0786 e. The molecule has 0 rings (SSSR count). The van der Waals surface area contributed by atoms with Gasteiger partial charge in [0.25, 0.3) is 0 Å². The molecule has 38 heavy (non-hydrogen) atoms. The van der Waals surface area contributed by atoms with E-state index in [-0.39, 0.29) is 0 Å². The lowest BCUT2D eigenvalue weighted by molar-refractivity contribution is -0.929. The van der Waals surface area contributed by atoms with Gasteiger partial charge in [0.15, 0.2) is 0 Å². The molecule has 0 aliphatic rings. The number of aliphatic hydroxyl groups is 1. The lowest BCUT2D eigenvalue weighted by atomic mass is 10.0. The van der Waals surface area contributed by atoms with Gasteiger partial charge in [-0.3, -0.25) is 0 Å². The Labute approximate surface area is 242 Å². The molecular weight excluding hydrogens is 462 g/mol. The predicted octanol–water partition coefficient (Wildman–Crippen LogP) is 11.8. The van der Waals surface area contributed by atoms with Crippen LogP contribution >= 0.6 is 0 Å². The van der Waals surface area contributed by atoms with Gasteiger partial charge in [-0.25, -0.2) is 0 Å². The Kier molecular flexibility index (Phi) is 31.4. The number of nitrogens with zero attached hydrogens (tertiary/aromatic N) is 1. The van der Waals surface area contributed by atoms with Crippen molar-refractivity contribution in [1.29, 1.82) is 0 Å². The first kappa shape index (κ1) is 37.9. The largest absolute Gasteiger partial charge is 0.396 e. The minimum atomic E-state index is 0.371. The Hall–Kier alpha value is -0.0800. The van der Waals surface area contributed by atoms with Gasteiger partial charge in [-0.1, -0.05) is 143 Å². The van der Waals surface area contributed by atoms with Gasteiger partial charge in [0.2, 0.25) is 0 Å². The zero-order valence-electron chi connectivity index (χ0n) is 27.2. The van der Waals surface area contributed by atoms with Crippen LogP contribution < -0.4 is 0 Å². The fourth-order valence-electron chi connectivity index (χ4n) is 6.33. The fraction of sp³-hybridized carbons (Fsp3) is 1.00. The van der Waals surface area contributed by atoms with Crippen molar-refractivity contribution >= 4 is 0 Å². The van der Waals surface area contributed by atoms with Gasteiger partial charge >= 0.3 is 0 Å². The summed E-state index contributed by atoms with van der Waals surface area (Å²) in [5, 5.41) is 9.02. The second-order valence-electron chi connectivity index (χ2n) is 12.8. The number of hydrogen-bond donors (Lipinski definition) is 1. The Morgan fingerprint density at radius 2 is 0.500 bits per heavy atom. The third kappa shape index (κ3) is 26.2. The summed E-state index contributed by atoms with van der Waals surface area (Å²) in [6.07, 6.45) is 39.4. The van der Waals surface area contributed by atoms with Gasteiger partial charge in [0, 0.05) is 6.61 Å². The molecule has 0 fully saturated rings. The van der Waals surface area contributed by atoms with E-state index < -0.39 is 0 Å². The minimum absolute atomic E-state index is 0.371. The van der Waals surface area contributed by atoms with Gasteiger partial charge < -0.3 is 9.59 Å². The fourth-order valence-corrected chi connectivity index (χ4v) is 6.33. The molecule has 0 aromatic carbocycles. The maximum absolute atomic E-state index is 9.02. The van der Waals surface area contributed by atoms with Crippen molar-refractivity contribution in [3.63, 3.8) is 0 Å². The zero-order chi connectivity index (χ0) is 27.8. The van der Waals surface area contributed by atoms with Crippen molar-refractivity contribution in [2.24, 2.45) is 0 Å². The highest BCUT2D eigenvalue weighted by Crippen LogP contribution is 2.21. The van der Waals surface area contributed by atoms with Crippen molar-refractivity contribution in [2.45, 2.75) is 201 Å². The Balaban J connectivity index is 4.79. The summed E-state index contributed by atoms with van der Waals surface area (Å²) in [7, 11) is 0. The Bertz CT molecular complexity index is 378. The molecule has 0 aromatic heterocycles. The number of aliphatic hydroxyl groups excluding tert-OH is 1. The van der Waals surface area contributed by atoms with E-state index in [0.717, 1.165) is 6.42 Å². The molecule has 230 valence electrons. The quantitative estimate of drug-likeness (QED) is 0.0650. The van der Waals surface area contributed by atoms with Gasteiger partial charge in [-0.2, -0.15) is 0 Å². The molecule has 0 saturated heterocycles. The van der Waals surface area contributed by atoms with Crippen molar-refractivity contribution in [3.8, 4) is 0 Å². The number of quaternary nitrogens is 1. The molecule has 0 radical (unpaired) electrons. The zero-order valence-corrected chi connectivity index (χ0v) is 27.2. The van der Waals surface area contributed by atoms with E-state index in [4.69, 9.17) is 5.11 Å². The maximum Gasteiger partial charge on any atom is 0.0786 e. The van der Waals surface area contributed by atoms with Crippen LogP contribution in [0.15, 0.2) is 0 Å². The molecule has 0 bridgehead atoms. The van der Waals surface area contributed by atoms with Crippen molar-refractivity contribution in [3.05, 3.63) is 0 Å². The average Bonchev–Trinajstić information content (AvgIpc) is 2.93. The van der Waals surface area contributed by atoms with Crippen LogP contribution in [-0.4, -0.2) is 42.4 Å². The second-order valence-corrected chi connectivity index (χ2v) is 12.8. The average molecular weight is 539 g/mol. The van der Waals surface area contributed by atoms with Crippen LogP contribution in [0.3, 0.4) is 0 Å². The van der Waals surface area contributed by atoms with Gasteiger partial charge in [-0.05, 0) is 57.8 Å². The van der Waals surface area contributed by atoms with E-state index in [2.05, 4.69) is 20.8 Å². The summed E-state index contributed by atoms with van der Waals surface area (Å²) in [5.41, 5.74) is 0. The molecule has 0 heterocycles. The van der Waals surface area contributed by atoms with E-state index in [1.54, 1.807) is 0 Å². The second kappa shape index (κ2) is 31.4. The van der Waals surface area contributed by atoms with Gasteiger partial charge in [-0.15, -0.1) is 0 Å². The first-order valence-electron chi connectivity index (χ1n) is 18.2. The molecule has 0 amide bonds. The van der Waals surface area contributed by atoms with Crippen LogP contribution in [0, 0.1) is 0 Å². The normalized spacial score (nSPS) is 12.0. The highest BCUT2D eigenvalue weighted by Gasteiger charge is 2.25. The predicted molar refractivity (Wildman–Crippen MR) is 173 cm³/mol. The summed E-state index contributed by atoms with van der Waals surface area (Å²) in [6, 6.07) is 0. The number of hydrogen-bond acceptors (Lipinski definition) is 1. The van der Waals surface area contributed by atoms with Crippen molar-refractivity contribution in [2.75, 3.05) is 32.8 Å². The van der Waals surface area contributed by atoms with E-state index >= 15 is 0 Å². The molecule has 0 unspecified atom stereocenters. The molecule has 0 aliphatic heterocycles. The standard InChI is InChI=1S/C36H76NO/c1-4-7-10-13-17-22-27-32-37(33-28-23-18-14-11-8-5-2,34-29-24-19-15-12-9-6-3)35-30-25-20-16-21-26-31-36-38/h38H,4-36H2,1-3H3/q+1. The Morgan fingerprint density at radius 3 is 0.737 bits per heavy atom. The lowest BCUT2D eigenvalue weighted by Crippen LogP contribution is -2.50. The van der Waals surface area contributed by atoms with E-state index in [9.17, 15) is 0 Å². The molecule has 0 aliphatic carbocycles. The van der Waals surface area contributed by atoms with Crippen molar-refractivity contribution < 1.29 is 9.59 Å². The van der Waals surface area contributed by atoms with E-state index in [1.165, 1.54) is 204 Å². The highest BCUT2D eigenvalue weighted by atomic mass is 16.2. The molecule has 2 nitrogen and oxygen atoms in total. The summed E-state index contributed by atoms with van der Waals surface area (Å²) in [4.78, 5) is 0. The number of unbranched alkanes of at least 4 members (excludes halogenated alkanes) is 24. The number of rotatable bonds is 33. The van der Waals surface area contributed by atoms with Crippen LogP contribution in [-0.2, 0) is 0 Å². The van der Waals surface area contributed by atoms with Gasteiger partial charge in [0.1, 0.15) is 0 Å². The molecule has 0 saturated carbocycles. The molecule has 2 heteroatoms. The molecular formula is C36H76NO+. The maximum atomic E-state index is 9.02.